The number of likely N-dealkylation sites (tertiary alicyclic amines) is 1. The van der Waals surface area contributed by atoms with Crippen LogP contribution in [0.5, 0.6) is 0 Å². The molecule has 6 heteroatoms. The summed E-state index contributed by atoms with van der Waals surface area (Å²) in [4.78, 5) is 13.5. The Bertz CT molecular complexity index is 316. The van der Waals surface area contributed by atoms with Gasteiger partial charge in [-0.25, -0.2) is 0 Å². The maximum absolute atomic E-state index is 11.6. The molecule has 2 heterocycles. The Morgan fingerprint density at radius 1 is 1.50 bits per heavy atom. The molecule has 102 valence electrons. The molecule has 18 heavy (non-hydrogen) atoms. The molecule has 1 amide bonds. The molecule has 2 saturated heterocycles. The van der Waals surface area contributed by atoms with Crippen LogP contribution in [0, 0.1) is 11.3 Å². The van der Waals surface area contributed by atoms with E-state index in [2.05, 4.69) is 10.6 Å². The second kappa shape index (κ2) is 6.04. The highest BCUT2D eigenvalue weighted by molar-refractivity contribution is 5.82. The fourth-order valence-corrected chi connectivity index (χ4v) is 2.55. The van der Waals surface area contributed by atoms with Crippen molar-refractivity contribution in [1.82, 2.24) is 15.5 Å². The summed E-state index contributed by atoms with van der Waals surface area (Å²) < 4.78 is 0. The Morgan fingerprint density at radius 3 is 2.89 bits per heavy atom. The van der Waals surface area contributed by atoms with Crippen LogP contribution in [0.4, 0.5) is 0 Å². The molecular weight excluding hydrogens is 230 g/mol. The van der Waals surface area contributed by atoms with E-state index in [1.165, 1.54) is 6.42 Å². The van der Waals surface area contributed by atoms with Gasteiger partial charge in [0.1, 0.15) is 0 Å². The number of nitrogens with two attached hydrogens (primary N) is 1. The number of carbonyl (C=O) groups is 1. The van der Waals surface area contributed by atoms with E-state index in [0.717, 1.165) is 45.4 Å². The quantitative estimate of drug-likeness (QED) is 0.400. The van der Waals surface area contributed by atoms with Crippen molar-refractivity contribution in [1.29, 1.82) is 5.41 Å². The molecule has 0 aliphatic carbocycles. The Hall–Kier alpha value is -1.30. The van der Waals surface area contributed by atoms with Gasteiger partial charge in [0.2, 0.25) is 5.91 Å². The lowest BCUT2D eigenvalue weighted by Crippen LogP contribution is -2.53. The third kappa shape index (κ3) is 3.35. The topological polar surface area (TPSA) is 94.2 Å². The first-order valence-corrected chi connectivity index (χ1v) is 6.77. The smallest absolute Gasteiger partial charge is 0.237 e. The van der Waals surface area contributed by atoms with Gasteiger partial charge in [0.05, 0.1) is 6.04 Å². The van der Waals surface area contributed by atoms with Crippen molar-refractivity contribution < 1.29 is 4.79 Å². The molecule has 2 fully saturated rings. The lowest BCUT2D eigenvalue weighted by Gasteiger charge is -2.33. The Morgan fingerprint density at radius 2 is 2.28 bits per heavy atom. The Labute approximate surface area is 108 Å². The van der Waals surface area contributed by atoms with Crippen molar-refractivity contribution >= 4 is 11.9 Å². The number of nitrogens with one attached hydrogen (secondary N) is 3. The van der Waals surface area contributed by atoms with Crippen LogP contribution < -0.4 is 16.4 Å². The molecule has 0 radical (unpaired) electrons. The fraction of sp³-hybridized carbons (Fsp3) is 0.833. The molecule has 5 N–H and O–H groups in total. The zero-order valence-corrected chi connectivity index (χ0v) is 10.7. The van der Waals surface area contributed by atoms with E-state index in [1.807, 2.05) is 4.90 Å². The average Bonchev–Trinajstić information content (AvgIpc) is 2.27. The predicted molar refractivity (Wildman–Crippen MR) is 70.2 cm³/mol. The highest BCUT2D eigenvalue weighted by atomic mass is 16.2. The number of guanidine groups is 1. The van der Waals surface area contributed by atoms with Gasteiger partial charge >= 0.3 is 0 Å². The molecule has 0 spiro atoms. The Kier molecular flexibility index (Phi) is 4.41. The van der Waals surface area contributed by atoms with Crippen molar-refractivity contribution in [2.24, 2.45) is 11.7 Å². The summed E-state index contributed by atoms with van der Waals surface area (Å²) in [6, 6.07) is 0.0325. The van der Waals surface area contributed by atoms with Crippen LogP contribution >= 0.6 is 0 Å². The third-order valence-electron chi connectivity index (χ3n) is 3.85. The van der Waals surface area contributed by atoms with E-state index in [1.54, 1.807) is 0 Å². The van der Waals surface area contributed by atoms with Crippen LogP contribution in [0.1, 0.15) is 25.7 Å². The van der Waals surface area contributed by atoms with E-state index >= 15 is 0 Å². The van der Waals surface area contributed by atoms with E-state index in [0.29, 0.717) is 5.92 Å². The van der Waals surface area contributed by atoms with Gasteiger partial charge in [-0.2, -0.15) is 0 Å². The molecule has 0 aromatic carbocycles. The molecule has 0 aromatic rings. The standard InChI is InChI=1S/C12H23N5O/c13-12(14)17-7-1-2-9(8-17)3-5-16-11(18)10-4-6-15-10/h9-10,15H,1-8H2,(H3,13,14)(H,16,18). The van der Waals surface area contributed by atoms with Gasteiger partial charge in [-0.05, 0) is 38.1 Å². The number of carbonyl (C=O) groups excluding carboxylic acids is 1. The van der Waals surface area contributed by atoms with Gasteiger partial charge in [-0.3, -0.25) is 10.2 Å². The summed E-state index contributed by atoms with van der Waals surface area (Å²) in [6.45, 7) is 3.43. The number of rotatable bonds is 4. The molecule has 2 aliphatic heterocycles. The second-order valence-electron chi connectivity index (χ2n) is 5.21. The summed E-state index contributed by atoms with van der Waals surface area (Å²) in [5.74, 6) is 0.834. The minimum absolute atomic E-state index is 0.0325. The highest BCUT2D eigenvalue weighted by Crippen LogP contribution is 2.18. The van der Waals surface area contributed by atoms with Gasteiger partial charge in [-0.1, -0.05) is 0 Å². The average molecular weight is 253 g/mol. The highest BCUT2D eigenvalue weighted by Gasteiger charge is 2.25. The van der Waals surface area contributed by atoms with Gasteiger partial charge < -0.3 is 21.3 Å². The van der Waals surface area contributed by atoms with Crippen LogP contribution in [-0.4, -0.2) is 49.0 Å². The van der Waals surface area contributed by atoms with Crippen molar-refractivity contribution in [2.75, 3.05) is 26.2 Å². The minimum Gasteiger partial charge on any atom is -0.370 e. The SMILES string of the molecule is N=C(N)N1CCCC(CCNC(=O)C2CCN2)C1. The van der Waals surface area contributed by atoms with E-state index in [9.17, 15) is 4.79 Å². The maximum Gasteiger partial charge on any atom is 0.237 e. The number of hydrogen-bond donors (Lipinski definition) is 4. The predicted octanol–water partition coefficient (Wildman–Crippen LogP) is -0.540. The normalized spacial score (nSPS) is 27.4. The van der Waals surface area contributed by atoms with Crippen LogP contribution in [-0.2, 0) is 4.79 Å². The monoisotopic (exact) mass is 253 g/mol. The largest absolute Gasteiger partial charge is 0.370 e. The van der Waals surface area contributed by atoms with E-state index < -0.39 is 0 Å². The van der Waals surface area contributed by atoms with E-state index in [-0.39, 0.29) is 17.9 Å². The molecule has 0 saturated carbocycles. The van der Waals surface area contributed by atoms with Crippen molar-refractivity contribution in [3.8, 4) is 0 Å². The summed E-state index contributed by atoms with van der Waals surface area (Å²) in [6.07, 6.45) is 4.18. The third-order valence-corrected chi connectivity index (χ3v) is 3.85. The minimum atomic E-state index is 0.0325. The zero-order chi connectivity index (χ0) is 13.0. The molecule has 2 rings (SSSR count). The first-order valence-electron chi connectivity index (χ1n) is 6.77. The van der Waals surface area contributed by atoms with Gasteiger partial charge in [0, 0.05) is 19.6 Å². The van der Waals surface area contributed by atoms with Gasteiger partial charge in [0.25, 0.3) is 0 Å². The van der Waals surface area contributed by atoms with Crippen LogP contribution in [0.15, 0.2) is 0 Å². The summed E-state index contributed by atoms with van der Waals surface area (Å²) in [5.41, 5.74) is 5.50. The fourth-order valence-electron chi connectivity index (χ4n) is 2.55. The van der Waals surface area contributed by atoms with Gasteiger partial charge in [0.15, 0.2) is 5.96 Å². The summed E-state index contributed by atoms with van der Waals surface area (Å²) in [7, 11) is 0. The van der Waals surface area contributed by atoms with Crippen LogP contribution in [0.3, 0.4) is 0 Å². The van der Waals surface area contributed by atoms with Crippen LogP contribution in [0.25, 0.3) is 0 Å². The van der Waals surface area contributed by atoms with Crippen LogP contribution in [0.2, 0.25) is 0 Å². The van der Waals surface area contributed by atoms with Crippen molar-refractivity contribution in [2.45, 2.75) is 31.7 Å². The maximum atomic E-state index is 11.6. The Balaban J connectivity index is 1.63. The molecule has 0 aromatic heterocycles. The summed E-state index contributed by atoms with van der Waals surface area (Å²) in [5, 5.41) is 13.5. The number of amides is 1. The first-order chi connectivity index (χ1) is 8.66. The molecule has 0 bridgehead atoms. The lowest BCUT2D eigenvalue weighted by atomic mass is 9.95. The molecular formula is C12H23N5O. The number of nitrogens with zero attached hydrogens (tertiary/aromatic N) is 1. The molecule has 2 unspecified atom stereocenters. The second-order valence-corrected chi connectivity index (χ2v) is 5.21. The molecule has 2 aliphatic rings. The summed E-state index contributed by atoms with van der Waals surface area (Å²) >= 11 is 0. The van der Waals surface area contributed by atoms with E-state index in [4.69, 9.17) is 11.1 Å². The molecule has 2 atom stereocenters. The van der Waals surface area contributed by atoms with Crippen molar-refractivity contribution in [3.05, 3.63) is 0 Å². The number of hydrogen-bond acceptors (Lipinski definition) is 3. The lowest BCUT2D eigenvalue weighted by molar-refractivity contribution is -0.124. The zero-order valence-electron chi connectivity index (χ0n) is 10.7. The molecule has 6 nitrogen and oxygen atoms in total. The van der Waals surface area contributed by atoms with Gasteiger partial charge in [-0.15, -0.1) is 0 Å². The van der Waals surface area contributed by atoms with Crippen molar-refractivity contribution in [3.63, 3.8) is 0 Å². The number of piperidine rings is 1. The first kappa shape index (κ1) is 13.1.